The van der Waals surface area contributed by atoms with Gasteiger partial charge in [-0.3, -0.25) is 0 Å². The summed E-state index contributed by atoms with van der Waals surface area (Å²) in [5, 5.41) is 3.41. The molecule has 2 nitrogen and oxygen atoms in total. The van der Waals surface area contributed by atoms with Crippen LogP contribution in [-0.4, -0.2) is 19.2 Å². The molecule has 0 saturated carbocycles. The van der Waals surface area contributed by atoms with E-state index in [1.807, 2.05) is 0 Å². The van der Waals surface area contributed by atoms with Gasteiger partial charge in [0.1, 0.15) is 5.75 Å². The van der Waals surface area contributed by atoms with E-state index < -0.39 is 0 Å². The molecule has 0 spiro atoms. The number of hydrogen-bond acceptors (Lipinski definition) is 2. The van der Waals surface area contributed by atoms with Crippen LogP contribution < -0.4 is 10.1 Å². The molecular formula is C13H19NO. The normalized spacial score (nSPS) is 15.9. The molecule has 2 heteroatoms. The highest BCUT2D eigenvalue weighted by Gasteiger charge is 2.08. The summed E-state index contributed by atoms with van der Waals surface area (Å²) in [6.07, 6.45) is 2.51. The molecule has 1 aromatic carbocycles. The molecule has 15 heavy (non-hydrogen) atoms. The maximum absolute atomic E-state index is 5.70. The Morgan fingerprint density at radius 2 is 1.87 bits per heavy atom. The number of fused-ring (bicyclic) bond motifs is 1. The second kappa shape index (κ2) is 4.67. The highest BCUT2D eigenvalue weighted by atomic mass is 16.5. The molecule has 0 amide bonds. The highest BCUT2D eigenvalue weighted by molar-refractivity contribution is 5.36. The molecule has 1 heterocycles. The minimum absolute atomic E-state index is 0.256. The Morgan fingerprint density at radius 3 is 2.60 bits per heavy atom. The SMILES string of the molecule is CC(C)Oc1ccc2c(c1)CCNCC2. The van der Waals surface area contributed by atoms with Gasteiger partial charge < -0.3 is 10.1 Å². The van der Waals surface area contributed by atoms with Crippen molar-refractivity contribution in [2.24, 2.45) is 0 Å². The summed E-state index contributed by atoms with van der Waals surface area (Å²) in [5.41, 5.74) is 2.91. The first kappa shape index (κ1) is 10.5. The highest BCUT2D eigenvalue weighted by Crippen LogP contribution is 2.21. The molecule has 1 aromatic rings. The zero-order valence-electron chi connectivity index (χ0n) is 9.55. The Labute approximate surface area is 91.6 Å². The summed E-state index contributed by atoms with van der Waals surface area (Å²) < 4.78 is 5.70. The summed E-state index contributed by atoms with van der Waals surface area (Å²) in [6.45, 7) is 6.30. The van der Waals surface area contributed by atoms with E-state index in [0.29, 0.717) is 0 Å². The van der Waals surface area contributed by atoms with E-state index in [-0.39, 0.29) is 6.10 Å². The Hall–Kier alpha value is -1.02. The van der Waals surface area contributed by atoms with Gasteiger partial charge in [0, 0.05) is 0 Å². The van der Waals surface area contributed by atoms with Crippen LogP contribution in [0.1, 0.15) is 25.0 Å². The van der Waals surface area contributed by atoms with E-state index in [1.54, 1.807) is 0 Å². The monoisotopic (exact) mass is 205 g/mol. The fraction of sp³-hybridized carbons (Fsp3) is 0.538. The molecule has 1 aliphatic heterocycles. The van der Waals surface area contributed by atoms with E-state index in [2.05, 4.69) is 37.4 Å². The topological polar surface area (TPSA) is 21.3 Å². The number of ether oxygens (including phenoxy) is 1. The van der Waals surface area contributed by atoms with Crippen LogP contribution in [0.15, 0.2) is 18.2 Å². The Bertz CT molecular complexity index is 333. The van der Waals surface area contributed by atoms with Crippen molar-refractivity contribution in [2.45, 2.75) is 32.8 Å². The van der Waals surface area contributed by atoms with Crippen molar-refractivity contribution in [3.05, 3.63) is 29.3 Å². The summed E-state index contributed by atoms with van der Waals surface area (Å²) in [4.78, 5) is 0. The number of rotatable bonds is 2. The van der Waals surface area contributed by atoms with Crippen LogP contribution >= 0.6 is 0 Å². The molecule has 0 unspecified atom stereocenters. The molecule has 0 bridgehead atoms. The zero-order valence-corrected chi connectivity index (χ0v) is 9.55. The third-order valence-corrected chi connectivity index (χ3v) is 2.69. The number of nitrogens with one attached hydrogen (secondary N) is 1. The smallest absolute Gasteiger partial charge is 0.119 e. The molecule has 0 aliphatic carbocycles. The Balaban J connectivity index is 2.20. The first-order valence-electron chi connectivity index (χ1n) is 5.75. The maximum atomic E-state index is 5.70. The average molecular weight is 205 g/mol. The van der Waals surface area contributed by atoms with Gasteiger partial charge in [-0.05, 0) is 63.0 Å². The third-order valence-electron chi connectivity index (χ3n) is 2.69. The van der Waals surface area contributed by atoms with Crippen LogP contribution in [0.2, 0.25) is 0 Å². The second-order valence-corrected chi connectivity index (χ2v) is 4.35. The minimum Gasteiger partial charge on any atom is -0.491 e. The first-order valence-corrected chi connectivity index (χ1v) is 5.75. The van der Waals surface area contributed by atoms with Crippen molar-refractivity contribution in [3.8, 4) is 5.75 Å². The fourth-order valence-corrected chi connectivity index (χ4v) is 2.00. The van der Waals surface area contributed by atoms with Gasteiger partial charge in [-0.25, -0.2) is 0 Å². The van der Waals surface area contributed by atoms with E-state index in [9.17, 15) is 0 Å². The van der Waals surface area contributed by atoms with Gasteiger partial charge in [-0.2, -0.15) is 0 Å². The molecule has 0 radical (unpaired) electrons. The van der Waals surface area contributed by atoms with Crippen molar-refractivity contribution in [2.75, 3.05) is 13.1 Å². The van der Waals surface area contributed by atoms with Crippen LogP contribution in [0.3, 0.4) is 0 Å². The Kier molecular flexibility index (Phi) is 3.27. The van der Waals surface area contributed by atoms with Gasteiger partial charge >= 0.3 is 0 Å². The largest absolute Gasteiger partial charge is 0.491 e. The molecular weight excluding hydrogens is 186 g/mol. The van der Waals surface area contributed by atoms with Crippen molar-refractivity contribution in [3.63, 3.8) is 0 Å². The van der Waals surface area contributed by atoms with Crippen molar-refractivity contribution in [1.82, 2.24) is 5.32 Å². The molecule has 0 fully saturated rings. The molecule has 82 valence electrons. The minimum atomic E-state index is 0.256. The van der Waals surface area contributed by atoms with Crippen LogP contribution in [0, 0.1) is 0 Å². The third kappa shape index (κ3) is 2.72. The molecule has 0 atom stereocenters. The van der Waals surface area contributed by atoms with Gasteiger partial charge in [0.05, 0.1) is 6.10 Å². The quantitative estimate of drug-likeness (QED) is 0.799. The van der Waals surface area contributed by atoms with Crippen LogP contribution in [0.25, 0.3) is 0 Å². The van der Waals surface area contributed by atoms with Gasteiger partial charge in [0.15, 0.2) is 0 Å². The van der Waals surface area contributed by atoms with E-state index in [1.165, 1.54) is 11.1 Å². The molecule has 0 saturated heterocycles. The lowest BCUT2D eigenvalue weighted by molar-refractivity contribution is 0.242. The lowest BCUT2D eigenvalue weighted by Gasteiger charge is -2.12. The first-order chi connectivity index (χ1) is 7.25. The standard InChI is InChI=1S/C13H19NO/c1-10(2)15-13-4-3-11-5-7-14-8-6-12(11)9-13/h3-4,9-10,14H,5-8H2,1-2H3. The summed E-state index contributed by atoms with van der Waals surface area (Å²) in [6, 6.07) is 6.49. The van der Waals surface area contributed by atoms with Crippen LogP contribution in [0.4, 0.5) is 0 Å². The number of hydrogen-bond donors (Lipinski definition) is 1. The average Bonchev–Trinajstić information content (AvgIpc) is 2.41. The van der Waals surface area contributed by atoms with E-state index in [0.717, 1.165) is 31.7 Å². The predicted octanol–water partition coefficient (Wildman–Crippen LogP) is 2.16. The van der Waals surface area contributed by atoms with Gasteiger partial charge in [-0.15, -0.1) is 0 Å². The molecule has 2 rings (SSSR count). The summed E-state index contributed by atoms with van der Waals surface area (Å²) in [7, 11) is 0. The van der Waals surface area contributed by atoms with E-state index in [4.69, 9.17) is 4.74 Å². The van der Waals surface area contributed by atoms with Crippen LogP contribution in [-0.2, 0) is 12.8 Å². The summed E-state index contributed by atoms with van der Waals surface area (Å²) >= 11 is 0. The summed E-state index contributed by atoms with van der Waals surface area (Å²) in [5.74, 6) is 1.01. The lowest BCUT2D eigenvalue weighted by Crippen LogP contribution is -2.16. The zero-order chi connectivity index (χ0) is 10.7. The Morgan fingerprint density at radius 1 is 1.13 bits per heavy atom. The fourth-order valence-electron chi connectivity index (χ4n) is 2.00. The van der Waals surface area contributed by atoms with Crippen molar-refractivity contribution in [1.29, 1.82) is 0 Å². The van der Waals surface area contributed by atoms with Crippen LogP contribution in [0.5, 0.6) is 5.75 Å². The van der Waals surface area contributed by atoms with Gasteiger partial charge in [-0.1, -0.05) is 6.07 Å². The number of benzene rings is 1. The second-order valence-electron chi connectivity index (χ2n) is 4.35. The molecule has 0 aromatic heterocycles. The molecule has 1 aliphatic rings. The van der Waals surface area contributed by atoms with E-state index >= 15 is 0 Å². The van der Waals surface area contributed by atoms with Gasteiger partial charge in [0.25, 0.3) is 0 Å². The predicted molar refractivity (Wildman–Crippen MR) is 62.5 cm³/mol. The maximum Gasteiger partial charge on any atom is 0.119 e. The van der Waals surface area contributed by atoms with Gasteiger partial charge in [0.2, 0.25) is 0 Å². The molecule has 1 N–H and O–H groups in total. The van der Waals surface area contributed by atoms with Crippen molar-refractivity contribution >= 4 is 0 Å². The van der Waals surface area contributed by atoms with Crippen molar-refractivity contribution < 1.29 is 4.74 Å². The lowest BCUT2D eigenvalue weighted by atomic mass is 10.0.